The van der Waals surface area contributed by atoms with Crippen LogP contribution in [0, 0.1) is 17.3 Å². The lowest BCUT2D eigenvalue weighted by Crippen LogP contribution is -2.64. The van der Waals surface area contributed by atoms with Gasteiger partial charge in [-0.05, 0) is 32.8 Å². The molecule has 8 nitrogen and oxygen atoms in total. The van der Waals surface area contributed by atoms with Crippen molar-refractivity contribution < 1.29 is 38.8 Å². The number of ether oxygens (including phenoxy) is 3. The zero-order chi connectivity index (χ0) is 24.7. The molecule has 1 saturated heterocycles. The predicted octanol–water partition coefficient (Wildman–Crippen LogP) is 2.43. The molecule has 2 aliphatic carbocycles. The Labute approximate surface area is 198 Å². The van der Waals surface area contributed by atoms with Crippen LogP contribution in [0.1, 0.15) is 53.9 Å². The summed E-state index contributed by atoms with van der Waals surface area (Å²) in [6.07, 6.45) is 0.451. The highest BCUT2D eigenvalue weighted by Crippen LogP contribution is 2.54. The van der Waals surface area contributed by atoms with Crippen molar-refractivity contribution >= 4 is 29.5 Å². The predicted molar refractivity (Wildman–Crippen MR) is 119 cm³/mol. The van der Waals surface area contributed by atoms with Crippen LogP contribution in [-0.4, -0.2) is 64.0 Å². The van der Waals surface area contributed by atoms with Crippen LogP contribution in [0.15, 0.2) is 23.3 Å². The van der Waals surface area contributed by atoms with E-state index >= 15 is 0 Å². The van der Waals surface area contributed by atoms with Gasteiger partial charge in [0.05, 0.1) is 17.4 Å². The van der Waals surface area contributed by atoms with Gasteiger partial charge in [-0.15, -0.1) is 11.6 Å². The maximum atomic E-state index is 12.5. The van der Waals surface area contributed by atoms with Crippen molar-refractivity contribution in [3.8, 4) is 0 Å². The highest BCUT2D eigenvalue weighted by atomic mass is 35.5. The molecule has 5 unspecified atom stereocenters. The van der Waals surface area contributed by atoms with Gasteiger partial charge in [-0.25, -0.2) is 0 Å². The van der Waals surface area contributed by atoms with Crippen LogP contribution < -0.4 is 0 Å². The van der Waals surface area contributed by atoms with Gasteiger partial charge in [-0.3, -0.25) is 14.4 Å². The van der Waals surface area contributed by atoms with E-state index < -0.39 is 65.2 Å². The molecule has 9 heteroatoms. The van der Waals surface area contributed by atoms with Crippen molar-refractivity contribution in [2.45, 2.75) is 83.9 Å². The monoisotopic (exact) mass is 484 g/mol. The molecule has 0 bridgehead atoms. The molecule has 184 valence electrons. The Bertz CT molecular complexity index is 882. The van der Waals surface area contributed by atoms with Crippen molar-refractivity contribution in [1.29, 1.82) is 0 Å². The number of esters is 3. The van der Waals surface area contributed by atoms with Crippen molar-refractivity contribution in [3.05, 3.63) is 23.3 Å². The van der Waals surface area contributed by atoms with Gasteiger partial charge in [0.25, 0.3) is 0 Å². The van der Waals surface area contributed by atoms with Crippen LogP contribution in [0.3, 0.4) is 0 Å². The van der Waals surface area contributed by atoms with E-state index in [-0.39, 0.29) is 5.88 Å². The average molecular weight is 485 g/mol. The van der Waals surface area contributed by atoms with Crippen LogP contribution in [0.25, 0.3) is 0 Å². The Morgan fingerprint density at radius 1 is 1.24 bits per heavy atom. The van der Waals surface area contributed by atoms with Crippen LogP contribution in [0.2, 0.25) is 0 Å². The van der Waals surface area contributed by atoms with Crippen LogP contribution >= 0.6 is 11.6 Å². The first-order valence-corrected chi connectivity index (χ1v) is 11.8. The number of carbonyl (C=O) groups is 3. The molecule has 3 rings (SSSR count). The van der Waals surface area contributed by atoms with Crippen molar-refractivity contribution in [1.82, 2.24) is 0 Å². The molecule has 0 amide bonds. The van der Waals surface area contributed by atoms with Gasteiger partial charge in [0.15, 0.2) is 6.10 Å². The minimum atomic E-state index is -1.97. The molecule has 1 fully saturated rings. The lowest BCUT2D eigenvalue weighted by molar-refractivity contribution is -0.205. The number of hydrogen-bond acceptors (Lipinski definition) is 8. The van der Waals surface area contributed by atoms with Crippen LogP contribution in [0.5, 0.6) is 0 Å². The van der Waals surface area contributed by atoms with Gasteiger partial charge in [0, 0.05) is 32.1 Å². The fraction of sp³-hybridized carbons (Fsp3) is 0.708. The van der Waals surface area contributed by atoms with Crippen LogP contribution in [0.4, 0.5) is 0 Å². The number of halogens is 1. The summed E-state index contributed by atoms with van der Waals surface area (Å²) < 4.78 is 16.9. The average Bonchev–Trinajstić information content (AvgIpc) is 2.95. The molecule has 0 aromatic heterocycles. The number of aliphatic hydroxyl groups is 2. The van der Waals surface area contributed by atoms with Gasteiger partial charge in [0.2, 0.25) is 0 Å². The van der Waals surface area contributed by atoms with Gasteiger partial charge in [-0.2, -0.15) is 0 Å². The van der Waals surface area contributed by atoms with E-state index in [0.29, 0.717) is 24.8 Å². The topological polar surface area (TPSA) is 119 Å². The van der Waals surface area contributed by atoms with E-state index in [1.807, 2.05) is 13.0 Å². The molecule has 2 N–H and O–H groups in total. The molecule has 0 spiro atoms. The molecule has 0 radical (unpaired) electrons. The minimum absolute atomic E-state index is 0.105. The molecule has 33 heavy (non-hydrogen) atoms. The maximum absolute atomic E-state index is 12.5. The van der Waals surface area contributed by atoms with E-state index in [1.54, 1.807) is 13.0 Å². The molecule has 3 aliphatic rings. The summed E-state index contributed by atoms with van der Waals surface area (Å²) >= 11 is 6.15. The summed E-state index contributed by atoms with van der Waals surface area (Å²) in [6.45, 7) is 7.72. The van der Waals surface area contributed by atoms with E-state index in [0.717, 1.165) is 5.57 Å². The number of alkyl halides is 1. The molecule has 0 aromatic carbocycles. The third kappa shape index (κ3) is 4.33. The largest absolute Gasteiger partial charge is 0.462 e. The number of allylic oxidation sites excluding steroid dienone is 1. The zero-order valence-corrected chi connectivity index (χ0v) is 20.4. The molecular formula is C24H33ClO8. The summed E-state index contributed by atoms with van der Waals surface area (Å²) in [5, 5.41) is 23.6. The fourth-order valence-electron chi connectivity index (χ4n) is 5.78. The quantitative estimate of drug-likeness (QED) is 0.271. The first-order valence-electron chi connectivity index (χ1n) is 11.2. The Hall–Kier alpha value is -1.90. The second-order valence-corrected chi connectivity index (χ2v) is 9.90. The van der Waals surface area contributed by atoms with E-state index in [2.05, 4.69) is 0 Å². The Balaban J connectivity index is 2.26. The molecule has 0 aromatic rings. The summed E-state index contributed by atoms with van der Waals surface area (Å²) in [6, 6.07) is 0. The molecule has 8 atom stereocenters. The number of rotatable bonds is 3. The zero-order valence-electron chi connectivity index (χ0n) is 19.7. The second kappa shape index (κ2) is 9.39. The third-order valence-electron chi connectivity index (χ3n) is 7.64. The summed E-state index contributed by atoms with van der Waals surface area (Å²) in [4.78, 5) is 36.6. The molecule has 1 aliphatic heterocycles. The maximum Gasteiger partial charge on any atom is 0.312 e. The van der Waals surface area contributed by atoms with E-state index in [4.69, 9.17) is 25.8 Å². The molecule has 1 heterocycles. The van der Waals surface area contributed by atoms with Crippen LogP contribution in [-0.2, 0) is 28.6 Å². The standard InChI is InChI=1S/C24H33ClO8/c1-12-6-8-17(31-14(3)26)23(5)18(32-15(4)27)9-7-16(11-25)10-19-24(30,21(28)20(12)23)13(2)22(29)33-19/h6,10,13,17-21,28,30H,7-9,11H2,1-5H3/b16-10+/t13?,17?,18-,19?,20?,21-,23-,24?/m1/s1. The molecular weight excluding hydrogens is 452 g/mol. The van der Waals surface area contributed by atoms with E-state index in [1.165, 1.54) is 20.8 Å². The number of carbonyl (C=O) groups excluding carboxylic acids is 3. The second-order valence-electron chi connectivity index (χ2n) is 9.63. The number of aliphatic hydroxyl groups excluding tert-OH is 1. The Morgan fingerprint density at radius 2 is 1.85 bits per heavy atom. The summed E-state index contributed by atoms with van der Waals surface area (Å²) in [5.41, 5.74) is -1.64. The first-order chi connectivity index (χ1) is 15.4. The first kappa shape index (κ1) is 25.7. The van der Waals surface area contributed by atoms with Crippen molar-refractivity contribution in [2.24, 2.45) is 17.3 Å². The number of fused-ring (bicyclic) bond motifs is 2. The van der Waals surface area contributed by atoms with Crippen molar-refractivity contribution in [3.63, 3.8) is 0 Å². The molecule has 0 saturated carbocycles. The highest BCUT2D eigenvalue weighted by molar-refractivity contribution is 6.19. The van der Waals surface area contributed by atoms with Crippen molar-refractivity contribution in [2.75, 3.05) is 5.88 Å². The Kier molecular flexibility index (Phi) is 7.32. The fourth-order valence-corrected chi connectivity index (χ4v) is 6.00. The smallest absolute Gasteiger partial charge is 0.312 e. The SMILES string of the molecule is CC(=O)OC1CC=C(C)C2[C@@H](O)C3(O)C(/C=C(/CCl)CC[C@@H](OC(C)=O)[C@@]12C)OC(=O)C3C. The van der Waals surface area contributed by atoms with Gasteiger partial charge >= 0.3 is 17.9 Å². The summed E-state index contributed by atoms with van der Waals surface area (Å²) in [5.74, 6) is -3.36. The minimum Gasteiger partial charge on any atom is -0.462 e. The van der Waals surface area contributed by atoms with Gasteiger partial charge in [0.1, 0.15) is 17.8 Å². The summed E-state index contributed by atoms with van der Waals surface area (Å²) in [7, 11) is 0. The van der Waals surface area contributed by atoms with Gasteiger partial charge < -0.3 is 24.4 Å². The normalized spacial score (nSPS) is 42.6. The Morgan fingerprint density at radius 3 is 2.42 bits per heavy atom. The highest BCUT2D eigenvalue weighted by Gasteiger charge is 2.65. The van der Waals surface area contributed by atoms with E-state index in [9.17, 15) is 24.6 Å². The third-order valence-corrected chi connectivity index (χ3v) is 7.98. The van der Waals surface area contributed by atoms with Gasteiger partial charge in [-0.1, -0.05) is 24.1 Å². The number of hydrogen-bond donors (Lipinski definition) is 2. The lowest BCUT2D eigenvalue weighted by atomic mass is 9.56. The lowest BCUT2D eigenvalue weighted by Gasteiger charge is -2.54.